The number of hydrogen-bond donors (Lipinski definition) is 1. The van der Waals surface area contributed by atoms with Gasteiger partial charge < -0.3 is 9.47 Å². The van der Waals surface area contributed by atoms with Crippen molar-refractivity contribution >= 4 is 52.8 Å². The van der Waals surface area contributed by atoms with E-state index in [1.54, 1.807) is 25.1 Å². The van der Waals surface area contributed by atoms with Gasteiger partial charge in [-0.2, -0.15) is 0 Å². The lowest BCUT2D eigenvalue weighted by Crippen LogP contribution is -2.54. The molecule has 0 atom stereocenters. The van der Waals surface area contributed by atoms with Crippen LogP contribution in [0.15, 0.2) is 66.2 Å². The van der Waals surface area contributed by atoms with Crippen LogP contribution in [-0.4, -0.2) is 24.5 Å². The first-order valence-electron chi connectivity index (χ1n) is 10.8. The van der Waals surface area contributed by atoms with Gasteiger partial charge in [0, 0.05) is 10.6 Å². The zero-order valence-corrected chi connectivity index (χ0v) is 20.4. The molecule has 0 unspecified atom stereocenters. The first-order chi connectivity index (χ1) is 17.3. The highest BCUT2D eigenvalue weighted by Gasteiger charge is 2.37. The number of anilines is 1. The lowest BCUT2D eigenvalue weighted by atomic mass is 10.1. The molecule has 0 radical (unpaired) electrons. The number of halogens is 3. The Morgan fingerprint density at radius 1 is 0.972 bits per heavy atom. The molecule has 1 N–H and O–H groups in total. The Labute approximate surface area is 216 Å². The first-order valence-corrected chi connectivity index (χ1v) is 11.5. The molecule has 184 valence electrons. The molecule has 1 saturated heterocycles. The van der Waals surface area contributed by atoms with Crippen LogP contribution in [0.2, 0.25) is 10.0 Å². The number of carbonyl (C=O) groups is 3. The van der Waals surface area contributed by atoms with Crippen LogP contribution < -0.4 is 19.7 Å². The maximum absolute atomic E-state index is 13.3. The number of carbonyl (C=O) groups excluding carboxylic acids is 3. The summed E-state index contributed by atoms with van der Waals surface area (Å²) in [5.74, 6) is -1.73. The summed E-state index contributed by atoms with van der Waals surface area (Å²) >= 11 is 12.7. The van der Waals surface area contributed by atoms with E-state index in [9.17, 15) is 18.8 Å². The van der Waals surface area contributed by atoms with Crippen LogP contribution >= 0.6 is 23.2 Å². The number of imide groups is 2. The molecule has 7 nitrogen and oxygen atoms in total. The fourth-order valence-corrected chi connectivity index (χ4v) is 3.95. The van der Waals surface area contributed by atoms with Gasteiger partial charge in [0.2, 0.25) is 0 Å². The molecule has 1 fully saturated rings. The van der Waals surface area contributed by atoms with Crippen molar-refractivity contribution in [3.8, 4) is 11.5 Å². The topological polar surface area (TPSA) is 84.9 Å². The number of nitrogens with zero attached hydrogens (tertiary/aromatic N) is 1. The Hall–Kier alpha value is -3.88. The SMILES string of the molecule is CCOc1cc(/C=C2\C(=O)NC(=O)N(c3ccc(F)cc3)C2=O)cc(Cl)c1OCc1ccccc1Cl. The van der Waals surface area contributed by atoms with Crippen molar-refractivity contribution in [2.45, 2.75) is 13.5 Å². The molecule has 1 aliphatic rings. The minimum absolute atomic E-state index is 0.105. The Balaban J connectivity index is 1.66. The van der Waals surface area contributed by atoms with Crippen LogP contribution in [-0.2, 0) is 16.2 Å². The molecule has 3 aromatic carbocycles. The van der Waals surface area contributed by atoms with Gasteiger partial charge in [-0.15, -0.1) is 0 Å². The van der Waals surface area contributed by atoms with Crippen molar-refractivity contribution in [3.05, 3.63) is 93.2 Å². The second kappa shape index (κ2) is 10.8. The number of benzene rings is 3. The second-order valence-corrected chi connectivity index (χ2v) is 8.39. The van der Waals surface area contributed by atoms with E-state index < -0.39 is 23.7 Å². The van der Waals surface area contributed by atoms with Crippen molar-refractivity contribution in [3.63, 3.8) is 0 Å². The summed E-state index contributed by atoms with van der Waals surface area (Å²) in [5.41, 5.74) is 0.898. The summed E-state index contributed by atoms with van der Waals surface area (Å²) in [7, 11) is 0. The summed E-state index contributed by atoms with van der Waals surface area (Å²) in [6, 6.07) is 14.0. The molecule has 0 bridgehead atoms. The highest BCUT2D eigenvalue weighted by Crippen LogP contribution is 2.38. The summed E-state index contributed by atoms with van der Waals surface area (Å²) in [5, 5.41) is 2.83. The first kappa shape index (κ1) is 25.2. The second-order valence-electron chi connectivity index (χ2n) is 7.58. The summed E-state index contributed by atoms with van der Waals surface area (Å²) in [6.07, 6.45) is 1.28. The predicted molar refractivity (Wildman–Crippen MR) is 134 cm³/mol. The maximum atomic E-state index is 13.3. The molecule has 0 aliphatic carbocycles. The number of rotatable bonds is 7. The summed E-state index contributed by atoms with van der Waals surface area (Å²) in [4.78, 5) is 38.6. The predicted octanol–water partition coefficient (Wildman–Crippen LogP) is 5.78. The molecule has 0 spiro atoms. The van der Waals surface area contributed by atoms with Crippen molar-refractivity contribution in [1.82, 2.24) is 5.32 Å². The van der Waals surface area contributed by atoms with Gasteiger partial charge in [-0.05, 0) is 61.0 Å². The number of urea groups is 1. The van der Waals surface area contributed by atoms with Crippen LogP contribution in [0.3, 0.4) is 0 Å². The van der Waals surface area contributed by atoms with E-state index in [1.165, 1.54) is 24.3 Å². The quantitative estimate of drug-likeness (QED) is 0.310. The smallest absolute Gasteiger partial charge is 0.335 e. The Kier molecular flexibility index (Phi) is 7.57. The van der Waals surface area contributed by atoms with Gasteiger partial charge in [0.05, 0.1) is 17.3 Å². The highest BCUT2D eigenvalue weighted by molar-refractivity contribution is 6.39. The van der Waals surface area contributed by atoms with E-state index in [2.05, 4.69) is 5.32 Å². The van der Waals surface area contributed by atoms with Gasteiger partial charge in [0.1, 0.15) is 18.0 Å². The number of nitrogens with one attached hydrogen (secondary N) is 1. The lowest BCUT2D eigenvalue weighted by Gasteiger charge is -2.26. The molecule has 3 aromatic rings. The van der Waals surface area contributed by atoms with E-state index in [-0.39, 0.29) is 28.6 Å². The lowest BCUT2D eigenvalue weighted by molar-refractivity contribution is -0.122. The van der Waals surface area contributed by atoms with Crippen molar-refractivity contribution in [2.75, 3.05) is 11.5 Å². The molecular weight excluding hydrogens is 510 g/mol. The largest absolute Gasteiger partial charge is 0.490 e. The van der Waals surface area contributed by atoms with E-state index in [0.29, 0.717) is 22.9 Å². The molecule has 1 heterocycles. The van der Waals surface area contributed by atoms with Gasteiger partial charge in [-0.1, -0.05) is 41.4 Å². The number of barbiturate groups is 1. The van der Waals surface area contributed by atoms with E-state index in [1.807, 2.05) is 12.1 Å². The Morgan fingerprint density at radius 2 is 1.69 bits per heavy atom. The van der Waals surface area contributed by atoms with Gasteiger partial charge in [0.25, 0.3) is 11.8 Å². The number of hydrogen-bond acceptors (Lipinski definition) is 5. The van der Waals surface area contributed by atoms with Crippen LogP contribution in [0.1, 0.15) is 18.1 Å². The zero-order valence-electron chi connectivity index (χ0n) is 18.9. The molecule has 0 aromatic heterocycles. The van der Waals surface area contributed by atoms with Crippen LogP contribution in [0.4, 0.5) is 14.9 Å². The molecule has 4 amide bonds. The van der Waals surface area contributed by atoms with Gasteiger partial charge in [-0.25, -0.2) is 14.1 Å². The van der Waals surface area contributed by atoms with Gasteiger partial charge >= 0.3 is 6.03 Å². The monoisotopic (exact) mass is 528 g/mol. The average Bonchev–Trinajstić information content (AvgIpc) is 2.83. The third-order valence-electron chi connectivity index (χ3n) is 5.16. The summed E-state index contributed by atoms with van der Waals surface area (Å²) in [6.45, 7) is 2.21. The minimum atomic E-state index is -0.940. The van der Waals surface area contributed by atoms with E-state index in [0.717, 1.165) is 22.6 Å². The zero-order chi connectivity index (χ0) is 25.8. The number of ether oxygens (including phenoxy) is 2. The minimum Gasteiger partial charge on any atom is -0.490 e. The van der Waals surface area contributed by atoms with Crippen molar-refractivity contribution in [2.24, 2.45) is 0 Å². The summed E-state index contributed by atoms with van der Waals surface area (Å²) < 4.78 is 24.9. The fourth-order valence-electron chi connectivity index (χ4n) is 3.49. The van der Waals surface area contributed by atoms with Gasteiger partial charge in [-0.3, -0.25) is 14.9 Å². The molecule has 10 heteroatoms. The molecule has 4 rings (SSSR count). The fraction of sp³-hybridized carbons (Fsp3) is 0.115. The van der Waals surface area contributed by atoms with Crippen LogP contribution in [0.25, 0.3) is 6.08 Å². The standard InChI is InChI=1S/C26H19Cl2FN2O5/c1-2-35-22-13-15(12-21(28)23(22)36-14-16-5-3-4-6-20(16)27)11-19-24(32)30-26(34)31(25(19)33)18-9-7-17(29)8-10-18/h3-13H,2,14H2,1H3,(H,30,32,34)/b19-11+. The van der Waals surface area contributed by atoms with Gasteiger partial charge in [0.15, 0.2) is 11.5 Å². The third-order valence-corrected chi connectivity index (χ3v) is 5.81. The number of amides is 4. The van der Waals surface area contributed by atoms with Crippen molar-refractivity contribution < 1.29 is 28.2 Å². The molecule has 1 aliphatic heterocycles. The Bertz CT molecular complexity index is 1380. The molecule has 36 heavy (non-hydrogen) atoms. The van der Waals surface area contributed by atoms with Crippen LogP contribution in [0, 0.1) is 5.82 Å². The van der Waals surface area contributed by atoms with E-state index >= 15 is 0 Å². The van der Waals surface area contributed by atoms with Crippen molar-refractivity contribution in [1.29, 1.82) is 0 Å². The molecular formula is C26H19Cl2FN2O5. The molecule has 0 saturated carbocycles. The maximum Gasteiger partial charge on any atom is 0.335 e. The normalized spacial score (nSPS) is 14.7. The Morgan fingerprint density at radius 3 is 2.39 bits per heavy atom. The average molecular weight is 529 g/mol. The highest BCUT2D eigenvalue weighted by atomic mass is 35.5. The van der Waals surface area contributed by atoms with E-state index in [4.69, 9.17) is 32.7 Å². The van der Waals surface area contributed by atoms with Crippen LogP contribution in [0.5, 0.6) is 11.5 Å². The third kappa shape index (κ3) is 5.35.